The predicted molar refractivity (Wildman–Crippen MR) is 114 cm³/mol. The smallest absolute Gasteiger partial charge is 0.272 e. The van der Waals surface area contributed by atoms with Gasteiger partial charge in [0.15, 0.2) is 0 Å². The molecule has 3 N–H and O–H groups in total. The fraction of sp³-hybridized carbons (Fsp3) is 0.143. The molecule has 0 radical (unpaired) electrons. The molecule has 9 nitrogen and oxygen atoms in total. The van der Waals surface area contributed by atoms with E-state index >= 15 is 0 Å². The molecule has 4 heterocycles. The van der Waals surface area contributed by atoms with Crippen molar-refractivity contribution in [3.8, 4) is 22.5 Å². The van der Waals surface area contributed by atoms with Crippen LogP contribution in [-0.2, 0) is 20.6 Å². The highest BCUT2D eigenvalue weighted by atomic mass is 16.1. The lowest BCUT2D eigenvalue weighted by molar-refractivity contribution is 0.772. The summed E-state index contributed by atoms with van der Waals surface area (Å²) in [6.07, 6.45) is 3.67. The van der Waals surface area contributed by atoms with Gasteiger partial charge in [-0.2, -0.15) is 10.2 Å². The molecule has 5 aromatic rings. The molecule has 0 aliphatic rings. The first kappa shape index (κ1) is 18.1. The van der Waals surface area contributed by atoms with Crippen LogP contribution in [-0.4, -0.2) is 28.9 Å². The Labute approximate surface area is 170 Å². The predicted octanol–water partition coefficient (Wildman–Crippen LogP) is 1.40. The second-order valence-corrected chi connectivity index (χ2v) is 7.18. The lowest BCUT2D eigenvalue weighted by Gasteiger charge is -2.08. The summed E-state index contributed by atoms with van der Waals surface area (Å²) >= 11 is 0. The van der Waals surface area contributed by atoms with E-state index < -0.39 is 0 Å². The Hall–Kier alpha value is -3.98. The molecule has 0 aliphatic heterocycles. The van der Waals surface area contributed by atoms with Gasteiger partial charge in [-0.1, -0.05) is 12.1 Å². The molecule has 0 aliphatic carbocycles. The van der Waals surface area contributed by atoms with Gasteiger partial charge in [0.1, 0.15) is 5.65 Å². The van der Waals surface area contributed by atoms with Crippen molar-refractivity contribution in [1.29, 1.82) is 0 Å². The van der Waals surface area contributed by atoms with Crippen molar-refractivity contribution in [3.63, 3.8) is 0 Å². The molecule has 0 saturated heterocycles. The average Bonchev–Trinajstić information content (AvgIpc) is 3.29. The van der Waals surface area contributed by atoms with Gasteiger partial charge in [-0.3, -0.25) is 18.7 Å². The van der Waals surface area contributed by atoms with Crippen molar-refractivity contribution in [2.45, 2.75) is 6.54 Å². The Morgan fingerprint density at radius 2 is 1.93 bits per heavy atom. The molecule has 5 rings (SSSR count). The zero-order valence-corrected chi connectivity index (χ0v) is 16.5. The normalized spacial score (nSPS) is 11.6. The molecule has 9 heteroatoms. The van der Waals surface area contributed by atoms with Crippen LogP contribution in [0.25, 0.3) is 38.9 Å². The van der Waals surface area contributed by atoms with Crippen LogP contribution in [0.5, 0.6) is 0 Å². The number of nitrogens with one attached hydrogen (secondary N) is 1. The number of benzene rings is 1. The minimum Gasteiger partial charge on any atom is -0.335 e. The molecule has 30 heavy (non-hydrogen) atoms. The van der Waals surface area contributed by atoms with Crippen LogP contribution < -0.4 is 16.9 Å². The molecule has 0 saturated carbocycles. The van der Waals surface area contributed by atoms with Gasteiger partial charge in [0, 0.05) is 43.9 Å². The van der Waals surface area contributed by atoms with Gasteiger partial charge < -0.3 is 10.3 Å². The maximum Gasteiger partial charge on any atom is 0.272 e. The number of hydrogen-bond donors (Lipinski definition) is 2. The molecule has 150 valence electrons. The van der Waals surface area contributed by atoms with E-state index in [0.29, 0.717) is 16.5 Å². The fourth-order valence-corrected chi connectivity index (χ4v) is 3.97. The van der Waals surface area contributed by atoms with Gasteiger partial charge in [-0.25, -0.2) is 5.10 Å². The first-order valence-corrected chi connectivity index (χ1v) is 9.41. The van der Waals surface area contributed by atoms with Crippen LogP contribution >= 0.6 is 0 Å². The van der Waals surface area contributed by atoms with Crippen LogP contribution in [0, 0.1) is 0 Å². The number of aromatic amines is 1. The summed E-state index contributed by atoms with van der Waals surface area (Å²) in [5, 5.41) is 12.2. The molecule has 0 spiro atoms. The number of fused-ring (bicyclic) bond motifs is 2. The molecule has 0 fully saturated rings. The van der Waals surface area contributed by atoms with E-state index in [4.69, 9.17) is 5.73 Å². The molecular weight excluding hydrogens is 382 g/mol. The molecule has 0 atom stereocenters. The zero-order valence-electron chi connectivity index (χ0n) is 16.5. The SMILES string of the molecule is Cn1ncc(-c2ccc3c(=O)[nH]nc(CN)c3c2)c1-c1cn(C)c2cccc(=O)n12. The first-order valence-electron chi connectivity index (χ1n) is 9.41. The second-order valence-electron chi connectivity index (χ2n) is 7.18. The largest absolute Gasteiger partial charge is 0.335 e. The number of aryl methyl sites for hydroxylation is 2. The quantitative estimate of drug-likeness (QED) is 0.474. The van der Waals surface area contributed by atoms with Crippen molar-refractivity contribution in [1.82, 2.24) is 28.9 Å². The van der Waals surface area contributed by atoms with E-state index in [9.17, 15) is 9.59 Å². The summed E-state index contributed by atoms with van der Waals surface area (Å²) in [5.41, 5.74) is 10.1. The molecule has 0 unspecified atom stereocenters. The van der Waals surface area contributed by atoms with E-state index in [0.717, 1.165) is 28.2 Å². The lowest BCUT2D eigenvalue weighted by Crippen LogP contribution is -2.13. The van der Waals surface area contributed by atoms with E-state index in [1.165, 1.54) is 6.07 Å². The van der Waals surface area contributed by atoms with Gasteiger partial charge in [-0.05, 0) is 23.8 Å². The van der Waals surface area contributed by atoms with Crippen molar-refractivity contribution in [2.24, 2.45) is 19.8 Å². The van der Waals surface area contributed by atoms with Crippen molar-refractivity contribution >= 4 is 16.4 Å². The number of pyridine rings is 1. The lowest BCUT2D eigenvalue weighted by atomic mass is 10.0. The maximum absolute atomic E-state index is 12.6. The van der Waals surface area contributed by atoms with E-state index in [1.54, 1.807) is 27.4 Å². The number of rotatable bonds is 3. The van der Waals surface area contributed by atoms with E-state index in [2.05, 4.69) is 15.3 Å². The summed E-state index contributed by atoms with van der Waals surface area (Å²) in [6, 6.07) is 10.7. The van der Waals surface area contributed by atoms with Crippen molar-refractivity contribution < 1.29 is 0 Å². The Bertz CT molecular complexity index is 1550. The van der Waals surface area contributed by atoms with Crippen LogP contribution in [0.15, 0.2) is 58.4 Å². The summed E-state index contributed by atoms with van der Waals surface area (Å²) in [5.74, 6) is 0. The zero-order chi connectivity index (χ0) is 21.0. The summed E-state index contributed by atoms with van der Waals surface area (Å²) < 4.78 is 5.32. The van der Waals surface area contributed by atoms with Gasteiger partial charge >= 0.3 is 0 Å². The number of imidazole rings is 1. The number of nitrogens with zero attached hydrogens (tertiary/aromatic N) is 5. The first-order chi connectivity index (χ1) is 14.5. The maximum atomic E-state index is 12.6. The molecular formula is C21H19N7O2. The third-order valence-electron chi connectivity index (χ3n) is 5.41. The molecule has 1 aromatic carbocycles. The van der Waals surface area contributed by atoms with Crippen LogP contribution in [0.1, 0.15) is 5.69 Å². The van der Waals surface area contributed by atoms with Crippen LogP contribution in [0.2, 0.25) is 0 Å². The van der Waals surface area contributed by atoms with Crippen LogP contribution in [0.4, 0.5) is 0 Å². The highest BCUT2D eigenvalue weighted by Crippen LogP contribution is 2.33. The van der Waals surface area contributed by atoms with Gasteiger partial charge in [-0.15, -0.1) is 0 Å². The summed E-state index contributed by atoms with van der Waals surface area (Å²) in [4.78, 5) is 24.8. The molecule has 0 bridgehead atoms. The number of hydrogen-bond acceptors (Lipinski definition) is 5. The third kappa shape index (κ3) is 2.52. The van der Waals surface area contributed by atoms with E-state index in [-0.39, 0.29) is 17.7 Å². The summed E-state index contributed by atoms with van der Waals surface area (Å²) in [7, 11) is 3.74. The Morgan fingerprint density at radius 3 is 2.73 bits per heavy atom. The number of nitrogens with two attached hydrogens (primary N) is 1. The van der Waals surface area contributed by atoms with Gasteiger partial charge in [0.2, 0.25) is 0 Å². The average molecular weight is 401 g/mol. The Kier molecular flexibility index (Phi) is 3.93. The standard InChI is InChI=1S/C21H19N7O2/c1-26-11-17(28-18(26)4-3-5-19(28)29)20-15(10-23-27(20)2)12-6-7-13-14(8-12)16(9-22)24-25-21(13)30/h3-8,10-11H,9,22H2,1-2H3,(H,25,30). The second kappa shape index (κ2) is 6.53. The Morgan fingerprint density at radius 1 is 1.10 bits per heavy atom. The highest BCUT2D eigenvalue weighted by Gasteiger charge is 2.19. The monoisotopic (exact) mass is 401 g/mol. The summed E-state index contributed by atoms with van der Waals surface area (Å²) in [6.45, 7) is 0.204. The Balaban J connectivity index is 1.81. The number of aromatic nitrogens is 6. The number of H-pyrrole nitrogens is 1. The minimum absolute atomic E-state index is 0.116. The van der Waals surface area contributed by atoms with E-state index in [1.807, 2.05) is 43.1 Å². The topological polar surface area (TPSA) is 116 Å². The minimum atomic E-state index is -0.263. The van der Waals surface area contributed by atoms with Gasteiger partial charge in [0.05, 0.1) is 28.7 Å². The van der Waals surface area contributed by atoms with Crippen molar-refractivity contribution in [2.75, 3.05) is 0 Å². The molecule has 0 amide bonds. The highest BCUT2D eigenvalue weighted by molar-refractivity contribution is 5.91. The van der Waals surface area contributed by atoms with Crippen molar-refractivity contribution in [3.05, 3.63) is 75.2 Å². The van der Waals surface area contributed by atoms with Crippen LogP contribution in [0.3, 0.4) is 0 Å². The third-order valence-corrected chi connectivity index (χ3v) is 5.41. The van der Waals surface area contributed by atoms with Gasteiger partial charge in [0.25, 0.3) is 11.1 Å². The molecule has 4 aromatic heterocycles. The fourth-order valence-electron chi connectivity index (χ4n) is 3.97.